The lowest BCUT2D eigenvalue weighted by atomic mass is 10.0. The van der Waals surface area contributed by atoms with Gasteiger partial charge in [-0.3, -0.25) is 4.90 Å². The van der Waals surface area contributed by atoms with Gasteiger partial charge in [0.25, 0.3) is 0 Å². The van der Waals surface area contributed by atoms with Crippen molar-refractivity contribution >= 4 is 5.69 Å². The molecule has 1 N–H and O–H groups in total. The number of nitrogens with one attached hydrogen (secondary N) is 1. The van der Waals surface area contributed by atoms with Gasteiger partial charge in [-0.2, -0.15) is 13.2 Å². The highest BCUT2D eigenvalue weighted by Gasteiger charge is 2.31. The second-order valence-corrected chi connectivity index (χ2v) is 6.07. The minimum absolute atomic E-state index is 0.566. The predicted molar refractivity (Wildman–Crippen MR) is 81.1 cm³/mol. The van der Waals surface area contributed by atoms with E-state index in [1.165, 1.54) is 25.0 Å². The molecule has 0 spiro atoms. The summed E-state index contributed by atoms with van der Waals surface area (Å²) < 4.78 is 38.4. The van der Waals surface area contributed by atoms with Crippen molar-refractivity contribution in [2.75, 3.05) is 44.2 Å². The number of benzene rings is 1. The molecule has 3 rings (SSSR count). The summed E-state index contributed by atoms with van der Waals surface area (Å²) in [5.41, 5.74) is 0.111. The van der Waals surface area contributed by atoms with E-state index < -0.39 is 11.7 Å². The van der Waals surface area contributed by atoms with Gasteiger partial charge in [0.1, 0.15) is 0 Å². The normalized spacial score (nSPS) is 24.5. The van der Waals surface area contributed by atoms with Gasteiger partial charge in [-0.25, -0.2) is 0 Å². The van der Waals surface area contributed by atoms with Crippen LogP contribution in [0.2, 0.25) is 0 Å². The van der Waals surface area contributed by atoms with Crippen LogP contribution in [0.25, 0.3) is 0 Å². The highest BCUT2D eigenvalue weighted by molar-refractivity contribution is 5.49. The summed E-state index contributed by atoms with van der Waals surface area (Å²) in [6.07, 6.45) is -1.85. The zero-order chi connectivity index (χ0) is 15.6. The van der Waals surface area contributed by atoms with Crippen LogP contribution < -0.4 is 10.2 Å². The van der Waals surface area contributed by atoms with E-state index in [2.05, 4.69) is 15.1 Å². The predicted octanol–water partition coefficient (Wildman–Crippen LogP) is 2.58. The van der Waals surface area contributed by atoms with Crippen molar-refractivity contribution in [2.45, 2.75) is 25.1 Å². The van der Waals surface area contributed by atoms with Gasteiger partial charge in [-0.05, 0) is 37.6 Å². The third-order valence-corrected chi connectivity index (χ3v) is 4.64. The zero-order valence-electron chi connectivity index (χ0n) is 12.6. The van der Waals surface area contributed by atoms with Crippen LogP contribution in [0.15, 0.2) is 24.3 Å². The molecule has 0 amide bonds. The van der Waals surface area contributed by atoms with Gasteiger partial charge in [-0.1, -0.05) is 6.07 Å². The Hall–Kier alpha value is -1.27. The lowest BCUT2D eigenvalue weighted by Gasteiger charge is -2.41. The van der Waals surface area contributed by atoms with Gasteiger partial charge in [0, 0.05) is 44.5 Å². The number of hydrogen-bond acceptors (Lipinski definition) is 3. The summed E-state index contributed by atoms with van der Waals surface area (Å²) in [4.78, 5) is 4.53. The van der Waals surface area contributed by atoms with Crippen molar-refractivity contribution < 1.29 is 13.2 Å². The molecule has 6 heteroatoms. The Bertz CT molecular complexity index is 490. The molecule has 2 aliphatic rings. The van der Waals surface area contributed by atoms with E-state index in [0.29, 0.717) is 11.7 Å². The van der Waals surface area contributed by atoms with Crippen LogP contribution in [0.1, 0.15) is 18.4 Å². The average molecular weight is 313 g/mol. The summed E-state index contributed by atoms with van der Waals surface area (Å²) in [6.45, 7) is 5.55. The van der Waals surface area contributed by atoms with Crippen LogP contribution >= 0.6 is 0 Å². The molecular formula is C16H22F3N3. The molecule has 0 aromatic heterocycles. The molecule has 0 aliphatic carbocycles. The smallest absolute Gasteiger partial charge is 0.369 e. The first-order chi connectivity index (χ1) is 10.5. The van der Waals surface area contributed by atoms with Gasteiger partial charge in [0.2, 0.25) is 0 Å². The van der Waals surface area contributed by atoms with Gasteiger partial charge in [0.15, 0.2) is 0 Å². The standard InChI is InChI=1S/C16H22F3N3/c17-16(18,19)13-3-1-4-14(11-13)21-7-9-22(10-8-21)15-5-2-6-20-12-15/h1,3-4,11,15,20H,2,5-10,12H2. The fraction of sp³-hybridized carbons (Fsp3) is 0.625. The molecule has 2 fully saturated rings. The Morgan fingerprint density at radius 2 is 1.86 bits per heavy atom. The lowest BCUT2D eigenvalue weighted by molar-refractivity contribution is -0.137. The van der Waals surface area contributed by atoms with Crippen molar-refractivity contribution in [1.29, 1.82) is 0 Å². The summed E-state index contributed by atoms with van der Waals surface area (Å²) >= 11 is 0. The zero-order valence-corrected chi connectivity index (χ0v) is 12.6. The van der Waals surface area contributed by atoms with E-state index in [1.807, 2.05) is 0 Å². The van der Waals surface area contributed by atoms with Crippen molar-refractivity contribution in [3.63, 3.8) is 0 Å². The SMILES string of the molecule is FC(F)(F)c1cccc(N2CCN(C3CCCNC3)CC2)c1. The largest absolute Gasteiger partial charge is 0.416 e. The molecule has 2 heterocycles. The van der Waals surface area contributed by atoms with Crippen molar-refractivity contribution in [3.8, 4) is 0 Å². The van der Waals surface area contributed by atoms with Crippen molar-refractivity contribution in [3.05, 3.63) is 29.8 Å². The maximum atomic E-state index is 12.8. The first kappa shape index (κ1) is 15.6. The quantitative estimate of drug-likeness (QED) is 0.905. The van der Waals surface area contributed by atoms with Gasteiger partial charge >= 0.3 is 6.18 Å². The number of piperazine rings is 1. The fourth-order valence-corrected chi connectivity index (χ4v) is 3.37. The third-order valence-electron chi connectivity index (χ3n) is 4.64. The van der Waals surface area contributed by atoms with Crippen LogP contribution in [0.5, 0.6) is 0 Å². The minimum Gasteiger partial charge on any atom is -0.369 e. The minimum atomic E-state index is -4.27. The number of rotatable bonds is 2. The maximum Gasteiger partial charge on any atom is 0.416 e. The molecule has 2 aliphatic heterocycles. The van der Waals surface area contributed by atoms with E-state index in [1.54, 1.807) is 6.07 Å². The summed E-state index contributed by atoms with van der Waals surface area (Å²) in [7, 11) is 0. The molecule has 0 bridgehead atoms. The highest BCUT2D eigenvalue weighted by atomic mass is 19.4. The second kappa shape index (κ2) is 6.46. The number of alkyl halides is 3. The van der Waals surface area contributed by atoms with Crippen LogP contribution in [0.4, 0.5) is 18.9 Å². The monoisotopic (exact) mass is 313 g/mol. The van der Waals surface area contributed by atoms with Gasteiger partial charge in [-0.15, -0.1) is 0 Å². The molecule has 1 aromatic carbocycles. The number of hydrogen-bond donors (Lipinski definition) is 1. The second-order valence-electron chi connectivity index (χ2n) is 6.07. The molecule has 122 valence electrons. The molecule has 1 aromatic rings. The molecular weight excluding hydrogens is 291 g/mol. The average Bonchev–Trinajstić information content (AvgIpc) is 2.55. The molecule has 3 nitrogen and oxygen atoms in total. The Morgan fingerprint density at radius 1 is 1.09 bits per heavy atom. The fourth-order valence-electron chi connectivity index (χ4n) is 3.37. The number of piperidine rings is 1. The van der Waals surface area contributed by atoms with Crippen LogP contribution in [-0.2, 0) is 6.18 Å². The Kier molecular flexibility index (Phi) is 4.59. The first-order valence-electron chi connectivity index (χ1n) is 7.91. The number of anilines is 1. The first-order valence-corrected chi connectivity index (χ1v) is 7.91. The van der Waals surface area contributed by atoms with Crippen LogP contribution in [0.3, 0.4) is 0 Å². The Balaban J connectivity index is 1.61. The van der Waals surface area contributed by atoms with Crippen LogP contribution in [0, 0.1) is 0 Å². The van der Waals surface area contributed by atoms with E-state index in [0.717, 1.165) is 45.3 Å². The molecule has 1 unspecified atom stereocenters. The van der Waals surface area contributed by atoms with Crippen molar-refractivity contribution in [1.82, 2.24) is 10.2 Å². The molecule has 1 atom stereocenters. The molecule has 2 saturated heterocycles. The summed E-state index contributed by atoms with van der Waals surface area (Å²) in [5.74, 6) is 0. The Morgan fingerprint density at radius 3 is 2.50 bits per heavy atom. The topological polar surface area (TPSA) is 18.5 Å². The molecule has 22 heavy (non-hydrogen) atoms. The summed E-state index contributed by atoms with van der Waals surface area (Å²) in [6, 6.07) is 6.24. The highest BCUT2D eigenvalue weighted by Crippen LogP contribution is 2.32. The molecule has 0 radical (unpaired) electrons. The van der Waals surface area contributed by atoms with E-state index >= 15 is 0 Å². The Labute approximate surface area is 129 Å². The van der Waals surface area contributed by atoms with Gasteiger partial charge in [0.05, 0.1) is 5.56 Å². The van der Waals surface area contributed by atoms with E-state index in [4.69, 9.17) is 0 Å². The van der Waals surface area contributed by atoms with Crippen molar-refractivity contribution in [2.24, 2.45) is 0 Å². The summed E-state index contributed by atoms with van der Waals surface area (Å²) in [5, 5.41) is 3.42. The third kappa shape index (κ3) is 3.55. The van der Waals surface area contributed by atoms with E-state index in [9.17, 15) is 13.2 Å². The number of halogens is 3. The maximum absolute atomic E-state index is 12.8. The molecule has 0 saturated carbocycles. The van der Waals surface area contributed by atoms with Gasteiger partial charge < -0.3 is 10.2 Å². The van der Waals surface area contributed by atoms with E-state index in [-0.39, 0.29) is 0 Å². The number of nitrogens with zero attached hydrogens (tertiary/aromatic N) is 2. The lowest BCUT2D eigenvalue weighted by Crippen LogP contribution is -2.54. The van der Waals surface area contributed by atoms with Crippen LogP contribution in [-0.4, -0.2) is 50.2 Å².